The molecule has 0 aliphatic rings. The molecule has 0 amide bonds. The Balaban J connectivity index is 2.41. The molecule has 4 heteroatoms. The first-order valence-electron chi connectivity index (χ1n) is 4.35. The van der Waals surface area contributed by atoms with Crippen molar-refractivity contribution in [3.05, 3.63) is 53.3 Å². The Bertz CT molecular complexity index is 482. The first-order valence-corrected chi connectivity index (χ1v) is 4.35. The van der Waals surface area contributed by atoms with Gasteiger partial charge >= 0.3 is 0 Å². The van der Waals surface area contributed by atoms with Crippen molar-refractivity contribution in [2.75, 3.05) is 0 Å². The zero-order valence-electron chi connectivity index (χ0n) is 7.72. The summed E-state index contributed by atoms with van der Waals surface area (Å²) < 4.78 is 12.9. The maximum Gasteiger partial charge on any atom is 0.126 e. The van der Waals surface area contributed by atoms with Crippen LogP contribution < -0.4 is 0 Å². The molecule has 1 aromatic carbocycles. The summed E-state index contributed by atoms with van der Waals surface area (Å²) in [4.78, 5) is 14.2. The maximum atomic E-state index is 12.9. The number of hydrogen-bond acceptors (Lipinski definition) is 3. The van der Waals surface area contributed by atoms with Crippen LogP contribution in [0.5, 0.6) is 0 Å². The van der Waals surface area contributed by atoms with Crippen LogP contribution in [0.15, 0.2) is 47.8 Å². The Morgan fingerprint density at radius 2 is 2.07 bits per heavy atom. The van der Waals surface area contributed by atoms with E-state index in [4.69, 9.17) is 0 Å². The van der Waals surface area contributed by atoms with Crippen LogP contribution in [0, 0.1) is 10.7 Å². The summed E-state index contributed by atoms with van der Waals surface area (Å²) in [5.74, 6) is -0.313. The molecule has 0 aliphatic heterocycles. The summed E-state index contributed by atoms with van der Waals surface area (Å²) in [6, 6.07) is 9.28. The van der Waals surface area contributed by atoms with Gasteiger partial charge in [0.25, 0.3) is 0 Å². The molecule has 0 fully saturated rings. The van der Waals surface area contributed by atoms with E-state index in [0.29, 0.717) is 11.3 Å². The minimum absolute atomic E-state index is 0.259. The maximum absolute atomic E-state index is 12.9. The Morgan fingerprint density at radius 1 is 1.20 bits per heavy atom. The fraction of sp³-hybridized carbons (Fsp3) is 0. The molecule has 2 rings (SSSR count). The fourth-order valence-electron chi connectivity index (χ4n) is 1.26. The molecular formula is C11H7FN2O. The van der Waals surface area contributed by atoms with Gasteiger partial charge in [-0.25, -0.2) is 4.39 Å². The van der Waals surface area contributed by atoms with E-state index in [1.165, 1.54) is 18.3 Å². The second-order valence-corrected chi connectivity index (χ2v) is 3.00. The molecule has 0 radical (unpaired) electrons. The number of nitroso groups, excluding NO2 is 1. The van der Waals surface area contributed by atoms with Gasteiger partial charge in [0.05, 0.1) is 11.9 Å². The van der Waals surface area contributed by atoms with Crippen LogP contribution in [0.4, 0.5) is 10.1 Å². The van der Waals surface area contributed by atoms with Gasteiger partial charge in [-0.3, -0.25) is 4.98 Å². The number of aromatic nitrogens is 1. The first kappa shape index (κ1) is 9.45. The molecule has 15 heavy (non-hydrogen) atoms. The Morgan fingerprint density at radius 3 is 2.67 bits per heavy atom. The van der Waals surface area contributed by atoms with E-state index in [2.05, 4.69) is 10.2 Å². The van der Waals surface area contributed by atoms with Crippen LogP contribution in [-0.2, 0) is 0 Å². The van der Waals surface area contributed by atoms with E-state index in [9.17, 15) is 9.30 Å². The number of rotatable bonds is 2. The fourth-order valence-corrected chi connectivity index (χ4v) is 1.26. The minimum Gasteiger partial charge on any atom is -0.254 e. The number of benzene rings is 1. The van der Waals surface area contributed by atoms with Gasteiger partial charge in [-0.05, 0) is 29.4 Å². The molecular weight excluding hydrogens is 195 g/mol. The Hall–Kier alpha value is -2.10. The highest BCUT2D eigenvalue weighted by Crippen LogP contribution is 2.19. The molecule has 1 aromatic heterocycles. The highest BCUT2D eigenvalue weighted by Gasteiger charge is 2.00. The van der Waals surface area contributed by atoms with E-state index in [1.807, 2.05) is 0 Å². The third kappa shape index (κ3) is 2.04. The highest BCUT2D eigenvalue weighted by molar-refractivity contribution is 5.60. The van der Waals surface area contributed by atoms with Gasteiger partial charge in [0.15, 0.2) is 0 Å². The molecule has 0 saturated carbocycles. The molecule has 0 N–H and O–H groups in total. The normalized spacial score (nSPS) is 9.93. The molecule has 2 aromatic rings. The number of halogens is 1. The van der Waals surface area contributed by atoms with Crippen molar-refractivity contribution < 1.29 is 4.39 Å². The molecule has 0 aliphatic carbocycles. The smallest absolute Gasteiger partial charge is 0.126 e. The summed E-state index contributed by atoms with van der Waals surface area (Å²) in [6.45, 7) is 0. The minimum atomic E-state index is -0.313. The predicted octanol–water partition coefficient (Wildman–Crippen LogP) is 3.29. The molecule has 0 saturated heterocycles. The van der Waals surface area contributed by atoms with E-state index in [-0.39, 0.29) is 11.5 Å². The monoisotopic (exact) mass is 202 g/mol. The largest absolute Gasteiger partial charge is 0.254 e. The van der Waals surface area contributed by atoms with Crippen molar-refractivity contribution in [3.63, 3.8) is 0 Å². The van der Waals surface area contributed by atoms with E-state index in [0.717, 1.165) is 0 Å². The lowest BCUT2D eigenvalue weighted by molar-refractivity contribution is 0.628. The highest BCUT2D eigenvalue weighted by atomic mass is 19.1. The standard InChI is InChI=1S/C11H7FN2O/c12-9-3-1-2-8(6-9)11-5-4-10(14-15)7-13-11/h1-7H. The molecule has 1 heterocycles. The third-order valence-electron chi connectivity index (χ3n) is 1.97. The van der Waals surface area contributed by atoms with Crippen molar-refractivity contribution in [1.82, 2.24) is 4.98 Å². The molecule has 74 valence electrons. The van der Waals surface area contributed by atoms with Crippen LogP contribution in [0.25, 0.3) is 11.3 Å². The topological polar surface area (TPSA) is 42.3 Å². The van der Waals surface area contributed by atoms with Crippen LogP contribution in [-0.4, -0.2) is 4.98 Å². The summed E-state index contributed by atoms with van der Waals surface area (Å²) in [7, 11) is 0. The zero-order valence-corrected chi connectivity index (χ0v) is 7.72. The Labute approximate surface area is 85.6 Å². The number of hydrogen-bond donors (Lipinski definition) is 0. The van der Waals surface area contributed by atoms with E-state index >= 15 is 0 Å². The van der Waals surface area contributed by atoms with Gasteiger partial charge in [-0.1, -0.05) is 12.1 Å². The summed E-state index contributed by atoms with van der Waals surface area (Å²) in [5.41, 5.74) is 1.55. The molecule has 0 unspecified atom stereocenters. The second kappa shape index (κ2) is 3.96. The van der Waals surface area contributed by atoms with Crippen LogP contribution in [0.2, 0.25) is 0 Å². The van der Waals surface area contributed by atoms with Crippen LogP contribution in [0.1, 0.15) is 0 Å². The summed E-state index contributed by atoms with van der Waals surface area (Å²) in [5, 5.41) is 2.74. The summed E-state index contributed by atoms with van der Waals surface area (Å²) >= 11 is 0. The van der Waals surface area contributed by atoms with Crippen molar-refractivity contribution in [2.24, 2.45) is 5.18 Å². The van der Waals surface area contributed by atoms with Crippen molar-refractivity contribution in [1.29, 1.82) is 0 Å². The first-order chi connectivity index (χ1) is 7.29. The molecule has 0 bridgehead atoms. The van der Waals surface area contributed by atoms with Crippen molar-refractivity contribution in [2.45, 2.75) is 0 Å². The van der Waals surface area contributed by atoms with Gasteiger partial charge in [-0.2, -0.15) is 0 Å². The van der Waals surface area contributed by atoms with Crippen LogP contribution in [0.3, 0.4) is 0 Å². The third-order valence-corrected chi connectivity index (χ3v) is 1.97. The average molecular weight is 202 g/mol. The van der Waals surface area contributed by atoms with Gasteiger partial charge in [-0.15, -0.1) is 4.91 Å². The summed E-state index contributed by atoms with van der Waals surface area (Å²) in [6.07, 6.45) is 1.35. The molecule has 0 atom stereocenters. The lowest BCUT2D eigenvalue weighted by Crippen LogP contribution is -1.83. The lowest BCUT2D eigenvalue weighted by atomic mass is 10.1. The van der Waals surface area contributed by atoms with Crippen molar-refractivity contribution in [3.8, 4) is 11.3 Å². The van der Waals surface area contributed by atoms with Gasteiger partial charge in [0, 0.05) is 5.56 Å². The molecule has 3 nitrogen and oxygen atoms in total. The Kier molecular flexibility index (Phi) is 2.49. The SMILES string of the molecule is O=Nc1ccc(-c2cccc(F)c2)nc1. The van der Waals surface area contributed by atoms with Crippen LogP contribution >= 0.6 is 0 Å². The molecule has 0 spiro atoms. The van der Waals surface area contributed by atoms with Gasteiger partial charge < -0.3 is 0 Å². The number of nitrogens with zero attached hydrogens (tertiary/aromatic N) is 2. The van der Waals surface area contributed by atoms with Crippen molar-refractivity contribution >= 4 is 5.69 Å². The van der Waals surface area contributed by atoms with Gasteiger partial charge in [0.1, 0.15) is 11.5 Å². The quantitative estimate of drug-likeness (QED) is 0.701. The second-order valence-electron chi connectivity index (χ2n) is 3.00. The zero-order chi connectivity index (χ0) is 10.7. The lowest BCUT2D eigenvalue weighted by Gasteiger charge is -1.99. The van der Waals surface area contributed by atoms with Gasteiger partial charge in [0.2, 0.25) is 0 Å². The number of pyridine rings is 1. The van der Waals surface area contributed by atoms with E-state index in [1.54, 1.807) is 24.3 Å². The predicted molar refractivity (Wildman–Crippen MR) is 55.1 cm³/mol. The average Bonchev–Trinajstić information content (AvgIpc) is 2.29. The van der Waals surface area contributed by atoms with E-state index < -0.39 is 0 Å².